The predicted octanol–water partition coefficient (Wildman–Crippen LogP) is 1.98. The van der Waals surface area contributed by atoms with E-state index in [1.807, 2.05) is 0 Å². The smallest absolute Gasteiger partial charge is 0.316 e. The molecular formula is C13H13N3O3S. The molecule has 4 N–H and O–H groups in total. The van der Waals surface area contributed by atoms with Crippen molar-refractivity contribution in [3.8, 4) is 0 Å². The minimum absolute atomic E-state index is 0.160. The van der Waals surface area contributed by atoms with Gasteiger partial charge in [-0.2, -0.15) is 0 Å². The molecular weight excluding hydrogens is 278 g/mol. The molecule has 0 aliphatic heterocycles. The van der Waals surface area contributed by atoms with Gasteiger partial charge in [-0.05, 0) is 30.3 Å². The molecule has 0 atom stereocenters. The van der Waals surface area contributed by atoms with Crippen molar-refractivity contribution in [1.82, 2.24) is 0 Å². The Morgan fingerprint density at radius 2 is 1.60 bits per heavy atom. The number of nitrogens with two attached hydrogens (primary N) is 1. The zero-order valence-corrected chi connectivity index (χ0v) is 11.2. The van der Waals surface area contributed by atoms with Gasteiger partial charge in [0.1, 0.15) is 0 Å². The summed E-state index contributed by atoms with van der Waals surface area (Å²) in [5, 5.41) is 2.37. The Bertz CT molecular complexity index is 715. The molecule has 0 saturated carbocycles. The molecule has 0 heterocycles. The van der Waals surface area contributed by atoms with Crippen LogP contribution >= 0.6 is 0 Å². The first kappa shape index (κ1) is 13.9. The van der Waals surface area contributed by atoms with Gasteiger partial charge in [0.2, 0.25) is 0 Å². The summed E-state index contributed by atoms with van der Waals surface area (Å²) in [5.41, 5.74) is 5.75. The highest BCUT2D eigenvalue weighted by Crippen LogP contribution is 2.19. The van der Waals surface area contributed by atoms with Crippen molar-refractivity contribution in [2.45, 2.75) is 4.90 Å². The fourth-order valence-corrected chi connectivity index (χ4v) is 2.69. The summed E-state index contributed by atoms with van der Waals surface area (Å²) in [7, 11) is -3.65. The normalized spacial score (nSPS) is 10.8. The van der Waals surface area contributed by atoms with Gasteiger partial charge in [0.05, 0.1) is 10.6 Å². The third kappa shape index (κ3) is 3.48. The van der Waals surface area contributed by atoms with Crippen molar-refractivity contribution in [1.29, 1.82) is 0 Å². The third-order valence-corrected chi connectivity index (χ3v) is 3.83. The molecule has 0 spiro atoms. The van der Waals surface area contributed by atoms with Crippen molar-refractivity contribution in [2.24, 2.45) is 5.73 Å². The van der Waals surface area contributed by atoms with Crippen molar-refractivity contribution < 1.29 is 13.2 Å². The van der Waals surface area contributed by atoms with Crippen LogP contribution in [0.3, 0.4) is 0 Å². The molecule has 0 unspecified atom stereocenters. The fraction of sp³-hybridized carbons (Fsp3) is 0. The fourth-order valence-electron chi connectivity index (χ4n) is 1.62. The van der Waals surface area contributed by atoms with E-state index in [0.717, 1.165) is 0 Å². The lowest BCUT2D eigenvalue weighted by Gasteiger charge is -2.09. The molecule has 2 amide bonds. The highest BCUT2D eigenvalue weighted by Gasteiger charge is 2.13. The molecule has 0 aliphatic rings. The molecule has 0 bridgehead atoms. The maximum absolute atomic E-state index is 12.1. The summed E-state index contributed by atoms with van der Waals surface area (Å²) in [5.74, 6) is 0. The number of hydrogen-bond donors (Lipinski definition) is 3. The van der Waals surface area contributed by atoms with Crippen LogP contribution in [-0.2, 0) is 10.0 Å². The number of rotatable bonds is 4. The molecule has 2 rings (SSSR count). The van der Waals surface area contributed by atoms with E-state index in [0.29, 0.717) is 11.4 Å². The van der Waals surface area contributed by atoms with E-state index in [9.17, 15) is 13.2 Å². The summed E-state index contributed by atoms with van der Waals surface area (Å²) in [4.78, 5) is 10.9. The number of nitrogens with one attached hydrogen (secondary N) is 2. The molecule has 0 aromatic heterocycles. The standard InChI is InChI=1S/C13H13N3O3S/c14-13(17)15-10-5-4-6-11(9-10)16-20(18,19)12-7-2-1-3-8-12/h1-9,16H,(H3,14,15,17). The van der Waals surface area contributed by atoms with Gasteiger partial charge in [-0.15, -0.1) is 0 Å². The lowest BCUT2D eigenvalue weighted by atomic mass is 10.3. The maximum atomic E-state index is 12.1. The molecule has 0 radical (unpaired) electrons. The van der Waals surface area contributed by atoms with Crippen LogP contribution in [0.25, 0.3) is 0 Å². The van der Waals surface area contributed by atoms with E-state index in [2.05, 4.69) is 10.0 Å². The van der Waals surface area contributed by atoms with Crippen LogP contribution in [0.5, 0.6) is 0 Å². The number of amides is 2. The lowest BCUT2D eigenvalue weighted by molar-refractivity contribution is 0.259. The van der Waals surface area contributed by atoms with Gasteiger partial charge in [-0.3, -0.25) is 4.72 Å². The lowest BCUT2D eigenvalue weighted by Crippen LogP contribution is -2.19. The van der Waals surface area contributed by atoms with Crippen LogP contribution in [0.15, 0.2) is 59.5 Å². The highest BCUT2D eigenvalue weighted by atomic mass is 32.2. The predicted molar refractivity (Wildman–Crippen MR) is 76.9 cm³/mol. The number of urea groups is 1. The van der Waals surface area contributed by atoms with Crippen LogP contribution in [0, 0.1) is 0 Å². The summed E-state index contributed by atoms with van der Waals surface area (Å²) < 4.78 is 26.7. The molecule has 0 fully saturated rings. The van der Waals surface area contributed by atoms with Crippen LogP contribution in [0.2, 0.25) is 0 Å². The average Bonchev–Trinajstić information content (AvgIpc) is 2.39. The van der Waals surface area contributed by atoms with E-state index in [4.69, 9.17) is 5.73 Å². The average molecular weight is 291 g/mol. The number of carbonyl (C=O) groups is 1. The Hall–Kier alpha value is -2.54. The molecule has 0 saturated heterocycles. The van der Waals surface area contributed by atoms with Gasteiger partial charge >= 0.3 is 6.03 Å². The minimum atomic E-state index is -3.65. The van der Waals surface area contributed by atoms with Gasteiger partial charge < -0.3 is 11.1 Å². The molecule has 7 heteroatoms. The number of sulfonamides is 1. The quantitative estimate of drug-likeness (QED) is 0.802. The number of carbonyl (C=O) groups excluding carboxylic acids is 1. The Balaban J connectivity index is 2.24. The maximum Gasteiger partial charge on any atom is 0.316 e. The molecule has 104 valence electrons. The molecule has 20 heavy (non-hydrogen) atoms. The van der Waals surface area contributed by atoms with Crippen LogP contribution in [-0.4, -0.2) is 14.4 Å². The van der Waals surface area contributed by atoms with E-state index < -0.39 is 16.1 Å². The number of hydrogen-bond acceptors (Lipinski definition) is 3. The Labute approximate surface area is 116 Å². The zero-order chi connectivity index (χ0) is 14.6. The van der Waals surface area contributed by atoms with E-state index in [1.165, 1.54) is 18.2 Å². The van der Waals surface area contributed by atoms with Gasteiger partial charge in [-0.1, -0.05) is 24.3 Å². The van der Waals surface area contributed by atoms with Crippen molar-refractivity contribution in [2.75, 3.05) is 10.0 Å². The largest absolute Gasteiger partial charge is 0.351 e. The van der Waals surface area contributed by atoms with Gasteiger partial charge in [0.15, 0.2) is 0 Å². The zero-order valence-electron chi connectivity index (χ0n) is 10.4. The first-order valence-corrected chi connectivity index (χ1v) is 7.20. The van der Waals surface area contributed by atoms with Crippen LogP contribution in [0.1, 0.15) is 0 Å². The number of benzene rings is 2. The van der Waals surface area contributed by atoms with Crippen molar-refractivity contribution in [3.63, 3.8) is 0 Å². The monoisotopic (exact) mass is 291 g/mol. The van der Waals surface area contributed by atoms with Crippen molar-refractivity contribution >= 4 is 27.4 Å². The SMILES string of the molecule is NC(=O)Nc1cccc(NS(=O)(=O)c2ccccc2)c1. The van der Waals surface area contributed by atoms with Gasteiger partial charge in [0.25, 0.3) is 10.0 Å². The Morgan fingerprint density at radius 3 is 2.25 bits per heavy atom. The molecule has 0 aliphatic carbocycles. The van der Waals surface area contributed by atoms with E-state index in [-0.39, 0.29) is 4.90 Å². The van der Waals surface area contributed by atoms with E-state index in [1.54, 1.807) is 36.4 Å². The molecule has 2 aromatic carbocycles. The molecule has 6 nitrogen and oxygen atoms in total. The van der Waals surface area contributed by atoms with E-state index >= 15 is 0 Å². The summed E-state index contributed by atoms with van der Waals surface area (Å²) in [6, 6.07) is 13.5. The van der Waals surface area contributed by atoms with Crippen LogP contribution < -0.4 is 15.8 Å². The second kappa shape index (κ2) is 5.62. The second-order valence-electron chi connectivity index (χ2n) is 3.99. The number of anilines is 2. The summed E-state index contributed by atoms with van der Waals surface area (Å²) in [6.07, 6.45) is 0. The Kier molecular flexibility index (Phi) is 3.90. The first-order chi connectivity index (χ1) is 9.47. The number of primary amides is 1. The van der Waals surface area contributed by atoms with Gasteiger partial charge in [0, 0.05) is 5.69 Å². The summed E-state index contributed by atoms with van der Waals surface area (Å²) in [6.45, 7) is 0. The molecule has 2 aromatic rings. The highest BCUT2D eigenvalue weighted by molar-refractivity contribution is 7.92. The topological polar surface area (TPSA) is 101 Å². The second-order valence-corrected chi connectivity index (χ2v) is 5.67. The Morgan fingerprint density at radius 1 is 0.950 bits per heavy atom. The summed E-state index contributed by atoms with van der Waals surface area (Å²) >= 11 is 0. The minimum Gasteiger partial charge on any atom is -0.351 e. The van der Waals surface area contributed by atoms with Crippen LogP contribution in [0.4, 0.5) is 16.2 Å². The van der Waals surface area contributed by atoms with Gasteiger partial charge in [-0.25, -0.2) is 13.2 Å². The van der Waals surface area contributed by atoms with Crippen molar-refractivity contribution in [3.05, 3.63) is 54.6 Å². The first-order valence-electron chi connectivity index (χ1n) is 5.72. The third-order valence-electron chi connectivity index (χ3n) is 2.44.